The fourth-order valence-corrected chi connectivity index (χ4v) is 5.93. The van der Waals surface area contributed by atoms with Gasteiger partial charge in [0.05, 0.1) is 12.4 Å². The van der Waals surface area contributed by atoms with Crippen LogP contribution in [0.1, 0.15) is 38.1 Å². The van der Waals surface area contributed by atoms with E-state index >= 15 is 0 Å². The summed E-state index contributed by atoms with van der Waals surface area (Å²) < 4.78 is 35.0. The third-order valence-electron chi connectivity index (χ3n) is 4.35. The second kappa shape index (κ2) is 9.65. The number of ether oxygens (including phenoxy) is 1. The van der Waals surface area contributed by atoms with Crippen LogP contribution in [0.15, 0.2) is 53.3 Å². The first-order chi connectivity index (χ1) is 14.6. The summed E-state index contributed by atoms with van der Waals surface area (Å²) in [5, 5.41) is 0. The zero-order valence-corrected chi connectivity index (χ0v) is 19.7. The number of hydrogen-bond donors (Lipinski definition) is 1. The van der Waals surface area contributed by atoms with Gasteiger partial charge in [-0.1, -0.05) is 38.1 Å². The van der Waals surface area contributed by atoms with E-state index in [-0.39, 0.29) is 4.21 Å². The lowest BCUT2D eigenvalue weighted by Gasteiger charge is -2.11. The van der Waals surface area contributed by atoms with Crippen molar-refractivity contribution in [2.24, 2.45) is 5.92 Å². The molecular weight excluding hydrogens is 434 g/mol. The Bertz CT molecular complexity index is 1120. The number of carbonyl (C=O) groups is 1. The Morgan fingerprint density at radius 2 is 1.90 bits per heavy atom. The van der Waals surface area contributed by atoms with Crippen molar-refractivity contribution in [3.8, 4) is 11.1 Å². The molecule has 0 radical (unpaired) electrons. The maximum atomic E-state index is 13.0. The average molecular weight is 462 g/mol. The summed E-state index contributed by atoms with van der Waals surface area (Å²) in [5.74, 6) is 0.374. The van der Waals surface area contributed by atoms with Crippen molar-refractivity contribution in [1.82, 2.24) is 14.3 Å². The summed E-state index contributed by atoms with van der Waals surface area (Å²) in [4.78, 5) is 16.9. The topological polar surface area (TPSA) is 90.3 Å². The van der Waals surface area contributed by atoms with Gasteiger partial charge in [-0.05, 0) is 43.4 Å². The SMILES string of the molecule is CC(C)Cc1cc(-c2ccc(Cn3ccnc3)cc2)c(S(=O)(=O)NC(=O)OC(C)C)s1. The van der Waals surface area contributed by atoms with Crippen molar-refractivity contribution in [2.45, 2.75) is 51.0 Å². The minimum atomic E-state index is -4.07. The molecular formula is C22H27N3O4S2. The number of hydrogen-bond acceptors (Lipinski definition) is 6. The number of aromatic nitrogens is 2. The van der Waals surface area contributed by atoms with Gasteiger partial charge in [0.25, 0.3) is 10.0 Å². The van der Waals surface area contributed by atoms with Gasteiger partial charge < -0.3 is 9.30 Å². The number of sulfonamides is 1. The summed E-state index contributed by atoms with van der Waals surface area (Å²) in [6.07, 6.45) is 4.72. The summed E-state index contributed by atoms with van der Waals surface area (Å²) in [5.41, 5.74) is 2.43. The monoisotopic (exact) mass is 461 g/mol. The first-order valence-electron chi connectivity index (χ1n) is 10.0. The van der Waals surface area contributed by atoms with Crippen molar-refractivity contribution in [1.29, 1.82) is 0 Å². The number of thiophene rings is 1. The predicted molar refractivity (Wildman–Crippen MR) is 122 cm³/mol. The third-order valence-corrected chi connectivity index (χ3v) is 7.36. The molecule has 1 N–H and O–H groups in total. The Balaban J connectivity index is 1.93. The van der Waals surface area contributed by atoms with Crippen LogP contribution in [0.5, 0.6) is 0 Å². The molecule has 9 heteroatoms. The van der Waals surface area contributed by atoms with Gasteiger partial charge >= 0.3 is 6.09 Å². The highest BCUT2D eigenvalue weighted by Crippen LogP contribution is 2.36. The van der Waals surface area contributed by atoms with E-state index in [4.69, 9.17) is 4.74 Å². The Labute approximate surface area is 187 Å². The van der Waals surface area contributed by atoms with Crippen molar-refractivity contribution in [3.05, 3.63) is 59.5 Å². The van der Waals surface area contributed by atoms with Gasteiger partial charge in [-0.15, -0.1) is 11.3 Å². The molecule has 0 bridgehead atoms. The molecule has 0 atom stereocenters. The molecule has 7 nitrogen and oxygen atoms in total. The maximum absolute atomic E-state index is 13.0. The number of nitrogens with zero attached hydrogens (tertiary/aromatic N) is 2. The molecule has 166 valence electrons. The predicted octanol–water partition coefficient (Wildman–Crippen LogP) is 4.68. The van der Waals surface area contributed by atoms with Gasteiger partial charge in [-0.2, -0.15) is 0 Å². The quantitative estimate of drug-likeness (QED) is 0.526. The smallest absolute Gasteiger partial charge is 0.421 e. The lowest BCUT2D eigenvalue weighted by molar-refractivity contribution is 0.121. The van der Waals surface area contributed by atoms with Crippen LogP contribution in [0.4, 0.5) is 4.79 Å². The Morgan fingerprint density at radius 1 is 1.19 bits per heavy atom. The molecule has 2 heterocycles. The van der Waals surface area contributed by atoms with E-state index in [0.717, 1.165) is 22.4 Å². The van der Waals surface area contributed by atoms with Crippen LogP contribution in [0.3, 0.4) is 0 Å². The molecule has 0 fully saturated rings. The molecule has 31 heavy (non-hydrogen) atoms. The second-order valence-corrected chi connectivity index (χ2v) is 11.0. The van der Waals surface area contributed by atoms with Crippen LogP contribution in [-0.2, 0) is 27.7 Å². The zero-order valence-electron chi connectivity index (χ0n) is 18.0. The van der Waals surface area contributed by atoms with Crippen molar-refractivity contribution in [2.75, 3.05) is 0 Å². The number of benzene rings is 1. The average Bonchev–Trinajstić information content (AvgIpc) is 3.31. The lowest BCUT2D eigenvalue weighted by atomic mass is 10.0. The van der Waals surface area contributed by atoms with Crippen LogP contribution in [-0.4, -0.2) is 30.2 Å². The molecule has 0 saturated heterocycles. The van der Waals surface area contributed by atoms with Gasteiger partial charge in [-0.3, -0.25) is 0 Å². The normalized spacial score (nSPS) is 11.8. The Morgan fingerprint density at radius 3 is 2.48 bits per heavy atom. The van der Waals surface area contributed by atoms with E-state index in [0.29, 0.717) is 18.0 Å². The minimum Gasteiger partial charge on any atom is -0.446 e. The fraction of sp³-hybridized carbons (Fsp3) is 0.364. The number of imidazole rings is 1. The number of carbonyl (C=O) groups excluding carboxylic acids is 1. The highest BCUT2D eigenvalue weighted by atomic mass is 32.2. The zero-order chi connectivity index (χ0) is 22.6. The van der Waals surface area contributed by atoms with E-state index in [1.54, 1.807) is 26.4 Å². The highest BCUT2D eigenvalue weighted by molar-refractivity contribution is 7.92. The molecule has 0 aliphatic heterocycles. The minimum absolute atomic E-state index is 0.117. The summed E-state index contributed by atoms with van der Waals surface area (Å²) >= 11 is 1.19. The second-order valence-electron chi connectivity index (χ2n) is 8.00. The molecule has 1 amide bonds. The molecule has 0 unspecified atom stereocenters. The van der Waals surface area contributed by atoms with Gasteiger partial charge in [-0.25, -0.2) is 22.9 Å². The molecule has 0 aliphatic rings. The highest BCUT2D eigenvalue weighted by Gasteiger charge is 2.26. The standard InChI is InChI=1S/C22H27N3O4S2/c1-15(2)11-19-12-20(21(30-19)31(27,28)24-22(26)29-16(3)4)18-7-5-17(6-8-18)13-25-10-9-23-14-25/h5-10,12,14-16H,11,13H2,1-4H3,(H,24,26). The summed E-state index contributed by atoms with van der Waals surface area (Å²) in [6, 6.07) is 9.63. The Kier molecular flexibility index (Phi) is 7.17. The largest absolute Gasteiger partial charge is 0.446 e. The van der Waals surface area contributed by atoms with Gasteiger partial charge in [0.1, 0.15) is 4.21 Å². The maximum Gasteiger partial charge on any atom is 0.421 e. The first-order valence-corrected chi connectivity index (χ1v) is 12.3. The van der Waals surface area contributed by atoms with E-state index < -0.39 is 22.2 Å². The third kappa shape index (κ3) is 6.18. The van der Waals surface area contributed by atoms with Gasteiger partial charge in [0, 0.05) is 29.4 Å². The summed E-state index contributed by atoms with van der Waals surface area (Å²) in [7, 11) is -4.07. The van der Waals surface area contributed by atoms with Crippen LogP contribution in [0.2, 0.25) is 0 Å². The van der Waals surface area contributed by atoms with Crippen LogP contribution >= 0.6 is 11.3 Å². The van der Waals surface area contributed by atoms with Crippen LogP contribution in [0, 0.1) is 5.92 Å². The van der Waals surface area contributed by atoms with Gasteiger partial charge in [0.2, 0.25) is 0 Å². The molecule has 0 aliphatic carbocycles. The Hall–Kier alpha value is -2.65. The van der Waals surface area contributed by atoms with E-state index in [2.05, 4.69) is 18.8 Å². The number of nitrogens with one attached hydrogen (secondary N) is 1. The lowest BCUT2D eigenvalue weighted by Crippen LogP contribution is -2.32. The van der Waals surface area contributed by atoms with Gasteiger partial charge in [0.15, 0.2) is 0 Å². The molecule has 1 aromatic carbocycles. The van der Waals surface area contributed by atoms with E-state index in [9.17, 15) is 13.2 Å². The van der Waals surface area contributed by atoms with E-state index in [1.807, 2.05) is 45.8 Å². The number of amides is 1. The molecule has 3 rings (SSSR count). The number of rotatable bonds is 8. The van der Waals surface area contributed by atoms with Crippen LogP contribution in [0.25, 0.3) is 11.1 Å². The van der Waals surface area contributed by atoms with Crippen LogP contribution < -0.4 is 4.72 Å². The van der Waals surface area contributed by atoms with E-state index in [1.165, 1.54) is 11.3 Å². The summed E-state index contributed by atoms with van der Waals surface area (Å²) in [6.45, 7) is 8.16. The molecule has 0 saturated carbocycles. The van der Waals surface area contributed by atoms with Crippen molar-refractivity contribution < 1.29 is 17.9 Å². The van der Waals surface area contributed by atoms with Crippen molar-refractivity contribution in [3.63, 3.8) is 0 Å². The fourth-order valence-electron chi connectivity index (χ4n) is 3.10. The first kappa shape index (κ1) is 23.0. The molecule has 0 spiro atoms. The molecule has 3 aromatic rings. The molecule has 2 aromatic heterocycles. The van der Waals surface area contributed by atoms with Crippen molar-refractivity contribution >= 4 is 27.5 Å².